The van der Waals surface area contributed by atoms with E-state index in [1.165, 1.54) is 4.88 Å². The van der Waals surface area contributed by atoms with Gasteiger partial charge in [0.05, 0.1) is 13.2 Å². The molecular weight excluding hydrogens is 404 g/mol. The van der Waals surface area contributed by atoms with E-state index in [0.717, 1.165) is 44.6 Å². The molecule has 0 aliphatic rings. The minimum Gasteiger partial charge on any atom is -0.494 e. The molecule has 0 aliphatic carbocycles. The van der Waals surface area contributed by atoms with Crippen molar-refractivity contribution >= 4 is 46.4 Å². The van der Waals surface area contributed by atoms with E-state index in [4.69, 9.17) is 34.7 Å². The van der Waals surface area contributed by atoms with Gasteiger partial charge in [0.25, 0.3) is 0 Å². The van der Waals surface area contributed by atoms with Crippen LogP contribution in [0.2, 0.25) is 0 Å². The maximum atomic E-state index is 6.09. The van der Waals surface area contributed by atoms with E-state index < -0.39 is 0 Å². The maximum Gasteiger partial charge on any atom is 0.127 e. The molecule has 0 N–H and O–H groups in total. The summed E-state index contributed by atoms with van der Waals surface area (Å²) in [6.45, 7) is 12.3. The lowest BCUT2D eigenvalue weighted by Gasteiger charge is -2.16. The summed E-state index contributed by atoms with van der Waals surface area (Å²) < 4.78 is 12.0. The van der Waals surface area contributed by atoms with Crippen molar-refractivity contribution in [1.82, 2.24) is 0 Å². The predicted octanol–water partition coefficient (Wildman–Crippen LogP) is 7.59. The molecule has 0 radical (unpaired) electrons. The number of hydrogen-bond donors (Lipinski definition) is 2. The van der Waals surface area contributed by atoms with Gasteiger partial charge in [-0.1, -0.05) is 27.7 Å². The highest BCUT2D eigenvalue weighted by Crippen LogP contribution is 2.40. The third-order valence-corrected chi connectivity index (χ3v) is 6.60. The van der Waals surface area contributed by atoms with Crippen LogP contribution in [0.25, 0.3) is 9.81 Å². The van der Waals surface area contributed by atoms with E-state index in [1.54, 1.807) is 11.3 Å². The topological polar surface area (TPSA) is 18.5 Å². The molecule has 0 aliphatic heterocycles. The normalized spacial score (nSPS) is 12.5. The lowest BCUT2D eigenvalue weighted by Crippen LogP contribution is -2.04. The van der Waals surface area contributed by atoms with E-state index in [9.17, 15) is 0 Å². The summed E-state index contributed by atoms with van der Waals surface area (Å²) in [5.74, 6) is 2.87. The molecule has 0 atom stereocenters. The number of hydrogen-bond acceptors (Lipinski definition) is 5. The number of ether oxygens (including phenoxy) is 2. The van der Waals surface area contributed by atoms with Crippen molar-refractivity contribution in [3.05, 3.63) is 45.6 Å². The second-order valence-electron chi connectivity index (χ2n) is 7.83. The van der Waals surface area contributed by atoms with E-state index >= 15 is 0 Å². The van der Waals surface area contributed by atoms with Crippen molar-refractivity contribution in [2.24, 2.45) is 11.8 Å². The number of thiophene rings is 1. The molecule has 0 saturated heterocycles. The Morgan fingerprint density at radius 2 is 1.54 bits per heavy atom. The molecule has 0 bridgehead atoms. The molecular formula is C23H32O2S3. The fraction of sp³-hybridized carbons (Fsp3) is 0.478. The first kappa shape index (κ1) is 23.2. The van der Waals surface area contributed by atoms with Crippen molar-refractivity contribution in [1.29, 1.82) is 0 Å². The van der Waals surface area contributed by atoms with Gasteiger partial charge in [0.1, 0.15) is 11.5 Å². The van der Waals surface area contributed by atoms with Gasteiger partial charge >= 0.3 is 0 Å². The zero-order valence-corrected chi connectivity index (χ0v) is 20.1. The van der Waals surface area contributed by atoms with Crippen LogP contribution >= 0.6 is 36.6 Å². The average molecular weight is 437 g/mol. The molecule has 0 unspecified atom stereocenters. The Bertz CT molecular complexity index is 791. The van der Waals surface area contributed by atoms with Gasteiger partial charge < -0.3 is 9.47 Å². The Kier molecular flexibility index (Phi) is 9.32. The summed E-state index contributed by atoms with van der Waals surface area (Å²) in [6, 6.07) is 10.2. The number of aryl methyl sites for hydroxylation is 1. The van der Waals surface area contributed by atoms with Gasteiger partial charge in [0.2, 0.25) is 0 Å². The zero-order valence-electron chi connectivity index (χ0n) is 17.5. The first-order chi connectivity index (χ1) is 13.3. The van der Waals surface area contributed by atoms with Crippen LogP contribution < -0.4 is 9.47 Å². The van der Waals surface area contributed by atoms with Gasteiger partial charge in [-0.05, 0) is 61.9 Å². The molecule has 1 aromatic carbocycles. The second-order valence-corrected chi connectivity index (χ2v) is 10.0. The van der Waals surface area contributed by atoms with Crippen molar-refractivity contribution < 1.29 is 9.47 Å². The Balaban J connectivity index is 2.32. The molecule has 5 heteroatoms. The van der Waals surface area contributed by atoms with Gasteiger partial charge in [0.15, 0.2) is 0 Å². The van der Waals surface area contributed by atoms with Crippen LogP contribution in [0, 0.1) is 18.8 Å². The smallest absolute Gasteiger partial charge is 0.127 e. The molecule has 2 nitrogen and oxygen atoms in total. The number of thiol groups is 2. The molecule has 2 rings (SSSR count). The van der Waals surface area contributed by atoms with E-state index in [1.807, 2.05) is 18.2 Å². The van der Waals surface area contributed by atoms with Crippen molar-refractivity contribution in [3.8, 4) is 11.5 Å². The molecule has 0 fully saturated rings. The van der Waals surface area contributed by atoms with E-state index in [0.29, 0.717) is 25.0 Å². The molecule has 28 heavy (non-hydrogen) atoms. The van der Waals surface area contributed by atoms with Crippen molar-refractivity contribution in [2.75, 3.05) is 13.2 Å². The monoisotopic (exact) mass is 436 g/mol. The molecule has 154 valence electrons. The first-order valence-corrected chi connectivity index (χ1v) is 11.6. The van der Waals surface area contributed by atoms with Gasteiger partial charge in [0, 0.05) is 25.1 Å². The minimum atomic E-state index is 0.600. The minimum absolute atomic E-state index is 0.600. The summed E-state index contributed by atoms with van der Waals surface area (Å²) in [4.78, 5) is 4.01. The molecule has 0 saturated carbocycles. The Labute approximate surface area is 185 Å². The second kappa shape index (κ2) is 11.2. The number of benzene rings is 1. The summed E-state index contributed by atoms with van der Waals surface area (Å²) in [5.41, 5.74) is 0.921. The van der Waals surface area contributed by atoms with Crippen molar-refractivity contribution in [3.63, 3.8) is 0 Å². The highest BCUT2D eigenvalue weighted by molar-refractivity contribution is 7.96. The fourth-order valence-electron chi connectivity index (χ4n) is 2.53. The van der Waals surface area contributed by atoms with Crippen LogP contribution in [0.15, 0.2) is 30.3 Å². The van der Waals surface area contributed by atoms with Crippen LogP contribution in [0.4, 0.5) is 0 Å². The average Bonchev–Trinajstić information content (AvgIpc) is 3.07. The highest BCUT2D eigenvalue weighted by atomic mass is 32.1. The summed E-state index contributed by atoms with van der Waals surface area (Å²) in [6.07, 6.45) is 2.04. The van der Waals surface area contributed by atoms with E-state index in [2.05, 4.69) is 46.8 Å². The van der Waals surface area contributed by atoms with Crippen LogP contribution in [-0.2, 0) is 0 Å². The maximum absolute atomic E-state index is 6.09. The number of rotatable bonds is 10. The third kappa shape index (κ3) is 7.09. The quantitative estimate of drug-likeness (QED) is 0.374. The first-order valence-electron chi connectivity index (χ1n) is 9.87. The third-order valence-electron chi connectivity index (χ3n) is 4.32. The van der Waals surface area contributed by atoms with Gasteiger partial charge in [-0.3, -0.25) is 0 Å². The fourth-order valence-corrected chi connectivity index (χ4v) is 4.05. The van der Waals surface area contributed by atoms with Gasteiger partial charge in [-0.15, -0.1) is 36.6 Å². The van der Waals surface area contributed by atoms with Gasteiger partial charge in [-0.25, -0.2) is 0 Å². The molecule has 1 aromatic heterocycles. The Morgan fingerprint density at radius 1 is 0.893 bits per heavy atom. The lowest BCUT2D eigenvalue weighted by atomic mass is 10.1. The lowest BCUT2D eigenvalue weighted by molar-refractivity contribution is 0.281. The summed E-state index contributed by atoms with van der Waals surface area (Å²) >= 11 is 11.3. The Hall–Kier alpha value is -1.04. The van der Waals surface area contributed by atoms with Gasteiger partial charge in [-0.2, -0.15) is 0 Å². The predicted molar refractivity (Wildman–Crippen MR) is 130 cm³/mol. The summed E-state index contributed by atoms with van der Waals surface area (Å²) in [5, 5.41) is 0. The molecule has 1 heterocycles. The molecule has 0 spiro atoms. The largest absolute Gasteiger partial charge is 0.494 e. The van der Waals surface area contributed by atoms with E-state index in [-0.39, 0.29) is 0 Å². The molecule has 0 amide bonds. The van der Waals surface area contributed by atoms with Crippen LogP contribution in [-0.4, -0.2) is 13.2 Å². The Morgan fingerprint density at radius 3 is 2.11 bits per heavy atom. The zero-order chi connectivity index (χ0) is 20.7. The van der Waals surface area contributed by atoms with Crippen LogP contribution in [0.5, 0.6) is 11.5 Å². The highest BCUT2D eigenvalue weighted by Gasteiger charge is 2.14. The standard InChI is InChI=1S/C23H32O2S3/c1-15(2)10-12-24-18-7-8-20(25-13-11-16(3)4)19(14-18)22(26)23(27)21-9-6-17(5)28-21/h6-9,14-16,26-27H,10-13H2,1-5H3/b23-22-. The van der Waals surface area contributed by atoms with Crippen LogP contribution in [0.3, 0.4) is 0 Å². The van der Waals surface area contributed by atoms with Crippen LogP contribution in [0.1, 0.15) is 55.9 Å². The molecule has 2 aromatic rings. The van der Waals surface area contributed by atoms with Crippen molar-refractivity contribution in [2.45, 2.75) is 47.5 Å². The summed E-state index contributed by atoms with van der Waals surface area (Å²) in [7, 11) is 0. The SMILES string of the molecule is Cc1ccc(/C(S)=C(/S)c2cc(OCCC(C)C)ccc2OCCC(C)C)s1.